The van der Waals surface area contributed by atoms with Gasteiger partial charge in [-0.1, -0.05) is 61.9 Å². The van der Waals surface area contributed by atoms with Crippen LogP contribution in [0.15, 0.2) is 66.7 Å². The lowest BCUT2D eigenvalue weighted by Gasteiger charge is -2.19. The highest BCUT2D eigenvalue weighted by Crippen LogP contribution is 2.31. The summed E-state index contributed by atoms with van der Waals surface area (Å²) in [5, 5.41) is 3.95. The van der Waals surface area contributed by atoms with Gasteiger partial charge in [0, 0.05) is 31.0 Å². The van der Waals surface area contributed by atoms with Gasteiger partial charge in [0.2, 0.25) is 0 Å². The number of carbonyl (C=O) groups excluding carboxylic acids is 1. The van der Waals surface area contributed by atoms with Gasteiger partial charge in [0.25, 0.3) is 0 Å². The summed E-state index contributed by atoms with van der Waals surface area (Å²) < 4.78 is 18.8. The molecule has 0 saturated heterocycles. The molecule has 0 saturated carbocycles. The molecule has 0 bridgehead atoms. The zero-order chi connectivity index (χ0) is 32.0. The van der Waals surface area contributed by atoms with Crippen molar-refractivity contribution in [3.8, 4) is 11.5 Å². The van der Waals surface area contributed by atoms with Crippen LogP contribution >= 0.6 is 0 Å². The fourth-order valence-corrected chi connectivity index (χ4v) is 5.56. The van der Waals surface area contributed by atoms with E-state index < -0.39 is 11.7 Å². The predicted octanol–water partition coefficient (Wildman–Crippen LogP) is 7.80. The van der Waals surface area contributed by atoms with Gasteiger partial charge in [-0.3, -0.25) is 4.98 Å². The number of ether oxygens (including phenoxy) is 3. The summed E-state index contributed by atoms with van der Waals surface area (Å²) in [6, 6.07) is 22.7. The van der Waals surface area contributed by atoms with Gasteiger partial charge in [-0.15, -0.1) is 0 Å². The number of nitrogens with one attached hydrogen (secondary N) is 1. The number of para-hydroxylation sites is 1. The quantitative estimate of drug-likeness (QED) is 0.156. The summed E-state index contributed by atoms with van der Waals surface area (Å²) in [6.07, 6.45) is 4.12. The Morgan fingerprint density at radius 1 is 0.889 bits per heavy atom. The van der Waals surface area contributed by atoms with Crippen LogP contribution in [-0.2, 0) is 37.1 Å². The van der Waals surface area contributed by atoms with Crippen molar-refractivity contribution in [1.29, 1.82) is 0 Å². The molecule has 8 nitrogen and oxygen atoms in total. The Morgan fingerprint density at radius 2 is 1.64 bits per heavy atom. The second-order valence-electron chi connectivity index (χ2n) is 12.3. The van der Waals surface area contributed by atoms with Gasteiger partial charge in [-0.25, -0.2) is 9.78 Å². The van der Waals surface area contributed by atoms with Crippen LogP contribution < -0.4 is 14.8 Å². The van der Waals surface area contributed by atoms with E-state index in [2.05, 4.69) is 65.3 Å². The average Bonchev–Trinajstić information content (AvgIpc) is 3.39. The van der Waals surface area contributed by atoms with Crippen molar-refractivity contribution >= 4 is 28.0 Å². The maximum absolute atomic E-state index is 12.1. The monoisotopic (exact) mass is 608 g/mol. The SMILES string of the molecule is CCCCc1nc2c(CCc3ccc(OC)cc3OC)nc3ccccc3c2n1Cc1ccc(CNC(=O)OC(C)(C)C)cc1. The summed E-state index contributed by atoms with van der Waals surface area (Å²) in [5.41, 5.74) is 6.79. The van der Waals surface area contributed by atoms with E-state index in [1.807, 2.05) is 39.0 Å². The number of amides is 1. The molecule has 5 aromatic rings. The van der Waals surface area contributed by atoms with E-state index in [9.17, 15) is 4.79 Å². The third-order valence-corrected chi connectivity index (χ3v) is 7.81. The van der Waals surface area contributed by atoms with E-state index >= 15 is 0 Å². The molecule has 2 heterocycles. The molecule has 0 unspecified atom stereocenters. The van der Waals surface area contributed by atoms with E-state index in [4.69, 9.17) is 24.2 Å². The maximum atomic E-state index is 12.1. The minimum Gasteiger partial charge on any atom is -0.497 e. The van der Waals surface area contributed by atoms with Crippen molar-refractivity contribution in [2.75, 3.05) is 14.2 Å². The van der Waals surface area contributed by atoms with Crippen LogP contribution in [-0.4, -0.2) is 40.4 Å². The molecule has 1 amide bonds. The van der Waals surface area contributed by atoms with Crippen LogP contribution in [0, 0.1) is 0 Å². The second kappa shape index (κ2) is 14.0. The highest BCUT2D eigenvalue weighted by atomic mass is 16.6. The Balaban J connectivity index is 1.47. The molecule has 236 valence electrons. The van der Waals surface area contributed by atoms with Gasteiger partial charge < -0.3 is 24.1 Å². The number of aryl methyl sites for hydroxylation is 3. The minimum atomic E-state index is -0.529. The molecular weight excluding hydrogens is 564 g/mol. The second-order valence-corrected chi connectivity index (χ2v) is 12.3. The number of carbonyl (C=O) groups is 1. The van der Waals surface area contributed by atoms with Gasteiger partial charge >= 0.3 is 6.09 Å². The molecule has 2 aromatic heterocycles. The summed E-state index contributed by atoms with van der Waals surface area (Å²) >= 11 is 0. The molecule has 3 aromatic carbocycles. The fraction of sp³-hybridized carbons (Fsp3) is 0.378. The first-order chi connectivity index (χ1) is 21.7. The van der Waals surface area contributed by atoms with E-state index in [1.165, 1.54) is 5.56 Å². The minimum absolute atomic E-state index is 0.406. The fourth-order valence-electron chi connectivity index (χ4n) is 5.56. The number of nitrogens with zero attached hydrogens (tertiary/aromatic N) is 3. The predicted molar refractivity (Wildman–Crippen MR) is 179 cm³/mol. The first-order valence-corrected chi connectivity index (χ1v) is 15.7. The molecule has 8 heteroatoms. The Bertz CT molecular complexity index is 1770. The molecule has 1 N–H and O–H groups in total. The van der Waals surface area contributed by atoms with Gasteiger partial charge in [0.05, 0.1) is 30.9 Å². The first-order valence-electron chi connectivity index (χ1n) is 15.7. The molecule has 45 heavy (non-hydrogen) atoms. The summed E-state index contributed by atoms with van der Waals surface area (Å²) in [4.78, 5) is 22.5. The topological polar surface area (TPSA) is 87.5 Å². The highest BCUT2D eigenvalue weighted by molar-refractivity contribution is 6.03. The summed E-state index contributed by atoms with van der Waals surface area (Å²) in [5.74, 6) is 2.66. The van der Waals surface area contributed by atoms with Crippen molar-refractivity contribution in [2.24, 2.45) is 0 Å². The zero-order valence-electron chi connectivity index (χ0n) is 27.3. The van der Waals surface area contributed by atoms with E-state index in [0.29, 0.717) is 13.1 Å². The van der Waals surface area contributed by atoms with Crippen LogP contribution in [0.1, 0.15) is 68.7 Å². The number of pyridine rings is 1. The molecular formula is C37H44N4O4. The molecule has 0 fully saturated rings. The number of hydrogen-bond donors (Lipinski definition) is 1. The summed E-state index contributed by atoms with van der Waals surface area (Å²) in [6.45, 7) is 8.88. The van der Waals surface area contributed by atoms with Crippen LogP contribution in [0.3, 0.4) is 0 Å². The van der Waals surface area contributed by atoms with Crippen LogP contribution in [0.25, 0.3) is 21.9 Å². The number of methoxy groups -OCH3 is 2. The summed E-state index contributed by atoms with van der Waals surface area (Å²) in [7, 11) is 3.35. The molecule has 0 aliphatic carbocycles. The molecule has 0 radical (unpaired) electrons. The lowest BCUT2D eigenvalue weighted by molar-refractivity contribution is 0.0523. The molecule has 0 aliphatic heterocycles. The number of benzene rings is 3. The van der Waals surface area contributed by atoms with Gasteiger partial charge in [0.15, 0.2) is 0 Å². The van der Waals surface area contributed by atoms with Crippen molar-refractivity contribution < 1.29 is 19.0 Å². The average molecular weight is 609 g/mol. The van der Waals surface area contributed by atoms with Crippen molar-refractivity contribution in [3.63, 3.8) is 0 Å². The molecule has 0 aliphatic rings. The van der Waals surface area contributed by atoms with E-state index in [-0.39, 0.29) is 0 Å². The molecule has 0 spiro atoms. The lowest BCUT2D eigenvalue weighted by Crippen LogP contribution is -2.32. The van der Waals surface area contributed by atoms with Crippen LogP contribution in [0.4, 0.5) is 4.79 Å². The number of unbranched alkanes of at least 4 members (excludes halogenated alkanes) is 1. The van der Waals surface area contributed by atoms with Gasteiger partial charge in [-0.2, -0.15) is 0 Å². The third kappa shape index (κ3) is 7.74. The number of aromatic nitrogens is 3. The number of hydrogen-bond acceptors (Lipinski definition) is 6. The Morgan fingerprint density at radius 3 is 2.36 bits per heavy atom. The van der Waals surface area contributed by atoms with Crippen molar-refractivity contribution in [2.45, 2.75) is 78.5 Å². The van der Waals surface area contributed by atoms with E-state index in [1.54, 1.807) is 14.2 Å². The first kappa shape index (κ1) is 31.8. The number of alkyl carbamates (subject to hydrolysis) is 1. The zero-order valence-corrected chi connectivity index (χ0v) is 27.3. The Kier molecular flexibility index (Phi) is 9.91. The standard InChI is InChI=1S/C37H44N4O4/c1-7-8-13-33-40-34-31(21-19-27-18-20-28(43-5)22-32(27)44-6)39-30-12-10-9-11-29(30)35(34)41(33)24-26-16-14-25(15-17-26)23-38-36(42)45-37(2,3)4/h9-12,14-18,20,22H,7-8,13,19,21,23-24H2,1-6H3,(H,38,42). The normalized spacial score (nSPS) is 11.6. The van der Waals surface area contributed by atoms with Crippen molar-refractivity contribution in [1.82, 2.24) is 19.9 Å². The van der Waals surface area contributed by atoms with Crippen molar-refractivity contribution in [3.05, 3.63) is 94.9 Å². The third-order valence-electron chi connectivity index (χ3n) is 7.81. The lowest BCUT2D eigenvalue weighted by atomic mass is 10.0. The maximum Gasteiger partial charge on any atom is 0.407 e. The number of imidazole rings is 1. The number of rotatable bonds is 12. The van der Waals surface area contributed by atoms with Gasteiger partial charge in [0.1, 0.15) is 28.4 Å². The van der Waals surface area contributed by atoms with Crippen LogP contribution in [0.2, 0.25) is 0 Å². The van der Waals surface area contributed by atoms with Gasteiger partial charge in [-0.05, 0) is 68.9 Å². The van der Waals surface area contributed by atoms with Crippen LogP contribution in [0.5, 0.6) is 11.5 Å². The largest absolute Gasteiger partial charge is 0.497 e. The van der Waals surface area contributed by atoms with E-state index in [0.717, 1.165) is 88.2 Å². The Labute approximate surface area is 265 Å². The molecule has 0 atom stereocenters. The smallest absolute Gasteiger partial charge is 0.407 e. The molecule has 5 rings (SSSR count). The number of fused-ring (bicyclic) bond motifs is 3. The highest BCUT2D eigenvalue weighted by Gasteiger charge is 2.20. The Hall–Kier alpha value is -4.59.